The number of nitrogens with one attached hydrogen (secondary N) is 1. The molecule has 0 unspecified atom stereocenters. The first kappa shape index (κ1) is 20.8. The Bertz CT molecular complexity index is 1010. The molecule has 0 spiro atoms. The maximum absolute atomic E-state index is 13.6. The van der Waals surface area contributed by atoms with E-state index in [1.54, 1.807) is 0 Å². The van der Waals surface area contributed by atoms with E-state index in [0.717, 1.165) is 24.3 Å². The first-order chi connectivity index (χ1) is 12.4. The number of anilines is 1. The van der Waals surface area contributed by atoms with Crippen molar-refractivity contribution >= 4 is 38.0 Å². The fraction of sp³-hybridized carbons (Fsp3) is 0.250. The van der Waals surface area contributed by atoms with Crippen molar-refractivity contribution in [3.63, 3.8) is 0 Å². The molecule has 0 fully saturated rings. The number of halogens is 1. The summed E-state index contributed by atoms with van der Waals surface area (Å²) in [5, 5.41) is 11.8. The number of carbonyl (C=O) groups is 2. The number of hydrogen-bond acceptors (Lipinski definition) is 7. The molecule has 1 aromatic carbocycles. The van der Waals surface area contributed by atoms with Gasteiger partial charge in [-0.25, -0.2) is 12.8 Å². The number of amides is 2. The highest BCUT2D eigenvalue weighted by molar-refractivity contribution is 7.93. The number of benzene rings is 1. The van der Waals surface area contributed by atoms with Gasteiger partial charge in [0.25, 0.3) is 11.8 Å². The zero-order valence-corrected chi connectivity index (χ0v) is 16.2. The molecule has 27 heavy (non-hydrogen) atoms. The van der Waals surface area contributed by atoms with Crippen molar-refractivity contribution < 1.29 is 32.2 Å². The number of aliphatic hydroxyl groups is 1. The maximum atomic E-state index is 13.6. The van der Waals surface area contributed by atoms with Crippen molar-refractivity contribution in [2.75, 3.05) is 12.4 Å². The fourth-order valence-corrected chi connectivity index (χ4v) is 4.92. The largest absolute Gasteiger partial charge is 0.495 e. The molecule has 0 saturated heterocycles. The zero-order valence-electron chi connectivity index (χ0n) is 14.6. The molecule has 11 heteroatoms. The van der Waals surface area contributed by atoms with Crippen LogP contribution in [0.2, 0.25) is 0 Å². The van der Waals surface area contributed by atoms with Gasteiger partial charge in [0.2, 0.25) is 9.84 Å². The van der Waals surface area contributed by atoms with E-state index in [9.17, 15) is 27.5 Å². The van der Waals surface area contributed by atoms with Crippen molar-refractivity contribution in [3.05, 3.63) is 35.6 Å². The van der Waals surface area contributed by atoms with Gasteiger partial charge in [0.05, 0.1) is 12.7 Å². The Balaban J connectivity index is 2.59. The van der Waals surface area contributed by atoms with Crippen LogP contribution in [0.1, 0.15) is 24.2 Å². The SMILES string of the molecule is COc1ccc(F)cc1S(=O)(=O)c1cc(C(N)=O)c(NC(=O)C(C)(C)O)s1. The van der Waals surface area contributed by atoms with Crippen LogP contribution >= 0.6 is 11.3 Å². The molecule has 1 heterocycles. The lowest BCUT2D eigenvalue weighted by molar-refractivity contribution is -0.130. The minimum absolute atomic E-state index is 0.0903. The number of thiophene rings is 1. The van der Waals surface area contributed by atoms with Crippen LogP contribution in [0.15, 0.2) is 33.4 Å². The van der Waals surface area contributed by atoms with E-state index in [1.165, 1.54) is 21.0 Å². The lowest BCUT2D eigenvalue weighted by atomic mass is 10.1. The van der Waals surface area contributed by atoms with E-state index in [2.05, 4.69) is 5.32 Å². The van der Waals surface area contributed by atoms with Crippen LogP contribution in [0.5, 0.6) is 5.75 Å². The Morgan fingerprint density at radius 3 is 2.44 bits per heavy atom. The van der Waals surface area contributed by atoms with E-state index in [1.807, 2.05) is 0 Å². The summed E-state index contributed by atoms with van der Waals surface area (Å²) in [5.74, 6) is -2.73. The molecule has 2 amide bonds. The molecular weight excluding hydrogens is 399 g/mol. The Labute approximate surface area is 158 Å². The number of hydrogen-bond donors (Lipinski definition) is 3. The van der Waals surface area contributed by atoms with E-state index >= 15 is 0 Å². The number of primary amides is 1. The van der Waals surface area contributed by atoms with Crippen LogP contribution < -0.4 is 15.8 Å². The number of carbonyl (C=O) groups excluding carboxylic acids is 2. The third-order valence-electron chi connectivity index (χ3n) is 3.44. The molecule has 0 bridgehead atoms. The zero-order chi connectivity index (χ0) is 20.6. The minimum Gasteiger partial charge on any atom is -0.495 e. The second-order valence-corrected chi connectivity index (χ2v) is 9.18. The lowest BCUT2D eigenvalue weighted by Gasteiger charge is -2.16. The molecule has 1 aromatic heterocycles. The van der Waals surface area contributed by atoms with Crippen LogP contribution in [0.25, 0.3) is 0 Å². The second-order valence-electron chi connectivity index (χ2n) is 5.98. The van der Waals surface area contributed by atoms with Crippen molar-refractivity contribution in [3.8, 4) is 5.75 Å². The van der Waals surface area contributed by atoms with Gasteiger partial charge in [-0.1, -0.05) is 0 Å². The summed E-state index contributed by atoms with van der Waals surface area (Å²) < 4.78 is 44.0. The molecule has 146 valence electrons. The van der Waals surface area contributed by atoms with Crippen LogP contribution in [-0.4, -0.2) is 38.0 Å². The minimum atomic E-state index is -4.28. The second kappa shape index (κ2) is 7.25. The smallest absolute Gasteiger partial charge is 0.256 e. The lowest BCUT2D eigenvalue weighted by Crippen LogP contribution is -2.36. The van der Waals surface area contributed by atoms with Crippen molar-refractivity contribution in [1.29, 1.82) is 0 Å². The molecule has 0 saturated carbocycles. The van der Waals surface area contributed by atoms with Gasteiger partial charge in [-0.15, -0.1) is 11.3 Å². The molecule has 2 rings (SSSR count). The number of ether oxygens (including phenoxy) is 1. The third-order valence-corrected chi connectivity index (χ3v) is 6.74. The highest BCUT2D eigenvalue weighted by Crippen LogP contribution is 2.38. The summed E-state index contributed by atoms with van der Waals surface area (Å²) in [7, 11) is -3.05. The highest BCUT2D eigenvalue weighted by Gasteiger charge is 2.30. The number of sulfone groups is 1. The van der Waals surface area contributed by atoms with Crippen LogP contribution in [0.3, 0.4) is 0 Å². The van der Waals surface area contributed by atoms with Crippen LogP contribution in [0.4, 0.5) is 9.39 Å². The summed E-state index contributed by atoms with van der Waals surface area (Å²) in [5.41, 5.74) is 3.22. The predicted octanol–water partition coefficient (Wildman–Crippen LogP) is 1.54. The molecule has 0 aliphatic rings. The average molecular weight is 416 g/mol. The molecule has 0 aliphatic carbocycles. The molecule has 0 atom stereocenters. The van der Waals surface area contributed by atoms with E-state index in [0.29, 0.717) is 11.3 Å². The quantitative estimate of drug-likeness (QED) is 0.653. The molecule has 0 aliphatic heterocycles. The molecule has 2 aromatic rings. The fourth-order valence-electron chi connectivity index (χ4n) is 2.00. The number of rotatable bonds is 6. The summed E-state index contributed by atoms with van der Waals surface area (Å²) in [6, 6.07) is 3.96. The monoisotopic (exact) mass is 416 g/mol. The number of methoxy groups -OCH3 is 1. The highest BCUT2D eigenvalue weighted by atomic mass is 32.2. The topological polar surface area (TPSA) is 136 Å². The predicted molar refractivity (Wildman–Crippen MR) is 96.2 cm³/mol. The summed E-state index contributed by atoms with van der Waals surface area (Å²) in [4.78, 5) is 23.2. The Hall–Kier alpha value is -2.50. The van der Waals surface area contributed by atoms with Gasteiger partial charge in [-0.2, -0.15) is 0 Å². The van der Waals surface area contributed by atoms with Crippen molar-refractivity contribution in [2.24, 2.45) is 5.73 Å². The van der Waals surface area contributed by atoms with Gasteiger partial charge in [0.1, 0.15) is 31.3 Å². The normalized spacial score (nSPS) is 11.9. The Kier molecular flexibility index (Phi) is 5.59. The van der Waals surface area contributed by atoms with Crippen molar-refractivity contribution in [1.82, 2.24) is 0 Å². The molecule has 0 radical (unpaired) electrons. The molecule has 4 N–H and O–H groups in total. The van der Waals surface area contributed by atoms with Gasteiger partial charge in [-0.05, 0) is 38.1 Å². The molecular formula is C16H17FN2O6S2. The first-order valence-electron chi connectivity index (χ1n) is 7.44. The van der Waals surface area contributed by atoms with Crippen molar-refractivity contribution in [2.45, 2.75) is 28.6 Å². The van der Waals surface area contributed by atoms with Gasteiger partial charge in [0, 0.05) is 0 Å². The maximum Gasteiger partial charge on any atom is 0.256 e. The summed E-state index contributed by atoms with van der Waals surface area (Å²) >= 11 is 0.549. The van der Waals surface area contributed by atoms with Gasteiger partial charge in [-0.3, -0.25) is 9.59 Å². The standard InChI is InChI=1S/C16H17FN2O6S2/c1-16(2,22)15(21)19-14-9(13(18)20)7-12(26-14)27(23,24)11-6-8(17)4-5-10(11)25-3/h4-7,22H,1-3H3,(H2,18,20)(H,19,21). The van der Waals surface area contributed by atoms with Crippen LogP contribution in [-0.2, 0) is 14.6 Å². The third kappa shape index (κ3) is 4.26. The summed E-state index contributed by atoms with van der Waals surface area (Å²) in [6.45, 7) is 2.43. The van der Waals surface area contributed by atoms with E-state index < -0.39 is 38.0 Å². The van der Waals surface area contributed by atoms with Gasteiger partial charge >= 0.3 is 0 Å². The Morgan fingerprint density at radius 2 is 1.93 bits per heavy atom. The van der Waals surface area contributed by atoms with E-state index in [-0.39, 0.29) is 20.5 Å². The van der Waals surface area contributed by atoms with Gasteiger partial charge in [0.15, 0.2) is 0 Å². The number of nitrogens with two attached hydrogens (primary N) is 1. The summed E-state index contributed by atoms with van der Waals surface area (Å²) in [6.07, 6.45) is 0. The Morgan fingerprint density at radius 1 is 1.30 bits per heavy atom. The average Bonchev–Trinajstić information content (AvgIpc) is 2.98. The first-order valence-corrected chi connectivity index (χ1v) is 9.74. The molecule has 8 nitrogen and oxygen atoms in total. The van der Waals surface area contributed by atoms with E-state index in [4.69, 9.17) is 10.5 Å². The van der Waals surface area contributed by atoms with Crippen LogP contribution in [0, 0.1) is 5.82 Å². The van der Waals surface area contributed by atoms with Gasteiger partial charge < -0.3 is 20.9 Å².